The molecule has 0 spiro atoms. The van der Waals surface area contributed by atoms with E-state index < -0.39 is 42.1 Å². The van der Waals surface area contributed by atoms with Crippen LogP contribution in [0.15, 0.2) is 12.1 Å². The van der Waals surface area contributed by atoms with Gasteiger partial charge < -0.3 is 9.47 Å². The average molecular weight is 323 g/mol. The van der Waals surface area contributed by atoms with Crippen molar-refractivity contribution in [2.24, 2.45) is 0 Å². The minimum absolute atomic E-state index is 0.0295. The third kappa shape index (κ3) is 4.58. The number of halogens is 5. The van der Waals surface area contributed by atoms with Crippen molar-refractivity contribution in [3.63, 3.8) is 0 Å². The summed E-state index contributed by atoms with van der Waals surface area (Å²) in [6, 6.07) is 3.02. The first-order chi connectivity index (χ1) is 10.2. The van der Waals surface area contributed by atoms with E-state index in [-0.39, 0.29) is 12.2 Å². The molecule has 120 valence electrons. The van der Waals surface area contributed by atoms with Gasteiger partial charge in [0.05, 0.1) is 24.2 Å². The fourth-order valence-electron chi connectivity index (χ4n) is 1.67. The van der Waals surface area contributed by atoms with Gasteiger partial charge in [0.25, 0.3) is 6.43 Å². The molecule has 0 radical (unpaired) electrons. The molecule has 0 atom stereocenters. The number of carbonyl (C=O) groups excluding carboxylic acids is 1. The molecule has 0 fully saturated rings. The van der Waals surface area contributed by atoms with Gasteiger partial charge in [-0.1, -0.05) is 6.07 Å². The maximum atomic E-state index is 12.8. The molecular weight excluding hydrogens is 313 g/mol. The Morgan fingerprint density at radius 1 is 1.36 bits per heavy atom. The minimum atomic E-state index is -5.25. The number of hydrogen-bond donors (Lipinski definition) is 0. The summed E-state index contributed by atoms with van der Waals surface area (Å²) >= 11 is 0. The average Bonchev–Trinajstić information content (AvgIpc) is 2.37. The largest absolute Gasteiger partial charge is 0.573 e. The van der Waals surface area contributed by atoms with Gasteiger partial charge in [-0.3, -0.25) is 4.79 Å². The summed E-state index contributed by atoms with van der Waals surface area (Å²) in [5.74, 6) is -2.10. The lowest BCUT2D eigenvalue weighted by molar-refractivity contribution is -0.275. The van der Waals surface area contributed by atoms with Crippen molar-refractivity contribution in [2.75, 3.05) is 6.61 Å². The molecule has 1 aromatic carbocycles. The molecule has 0 aliphatic rings. The van der Waals surface area contributed by atoms with Crippen LogP contribution in [0.25, 0.3) is 0 Å². The van der Waals surface area contributed by atoms with E-state index in [9.17, 15) is 26.7 Å². The van der Waals surface area contributed by atoms with Gasteiger partial charge in [-0.15, -0.1) is 13.2 Å². The number of carbonyl (C=O) groups is 1. The summed E-state index contributed by atoms with van der Waals surface area (Å²) in [5.41, 5.74) is -2.05. The van der Waals surface area contributed by atoms with Gasteiger partial charge in [0.2, 0.25) is 0 Å². The molecular formula is C13H10F5NO3. The lowest BCUT2D eigenvalue weighted by Gasteiger charge is -2.16. The normalized spacial score (nSPS) is 11.2. The predicted octanol–water partition coefficient (Wildman–Crippen LogP) is 3.50. The van der Waals surface area contributed by atoms with E-state index >= 15 is 0 Å². The van der Waals surface area contributed by atoms with Crippen LogP contribution in [0.4, 0.5) is 22.0 Å². The summed E-state index contributed by atoms with van der Waals surface area (Å²) in [6.07, 6.45) is -9.06. The molecule has 0 aliphatic carbocycles. The second-order valence-corrected chi connectivity index (χ2v) is 3.96. The van der Waals surface area contributed by atoms with Crippen molar-refractivity contribution in [3.05, 3.63) is 28.8 Å². The van der Waals surface area contributed by atoms with Gasteiger partial charge in [-0.2, -0.15) is 5.26 Å². The quantitative estimate of drug-likeness (QED) is 0.615. The Kier molecular flexibility index (Phi) is 5.68. The Bertz CT molecular complexity index is 593. The van der Waals surface area contributed by atoms with Gasteiger partial charge in [0.1, 0.15) is 6.07 Å². The number of esters is 1. The zero-order valence-electron chi connectivity index (χ0n) is 11.2. The molecule has 0 heterocycles. The number of ether oxygens (including phenoxy) is 2. The highest BCUT2D eigenvalue weighted by molar-refractivity contribution is 5.74. The van der Waals surface area contributed by atoms with Crippen LogP contribution in [0, 0.1) is 11.3 Å². The Hall–Kier alpha value is -2.37. The van der Waals surface area contributed by atoms with Crippen molar-refractivity contribution in [3.8, 4) is 11.8 Å². The Morgan fingerprint density at radius 3 is 2.45 bits per heavy atom. The molecule has 1 aromatic rings. The highest BCUT2D eigenvalue weighted by Gasteiger charge is 2.35. The highest BCUT2D eigenvalue weighted by atomic mass is 19.4. The van der Waals surface area contributed by atoms with E-state index in [0.717, 1.165) is 6.07 Å². The van der Waals surface area contributed by atoms with Crippen LogP contribution < -0.4 is 4.74 Å². The van der Waals surface area contributed by atoms with E-state index in [1.807, 2.05) is 0 Å². The van der Waals surface area contributed by atoms with Crippen LogP contribution in [-0.2, 0) is 16.0 Å². The number of benzene rings is 1. The fourth-order valence-corrected chi connectivity index (χ4v) is 1.67. The van der Waals surface area contributed by atoms with Crippen molar-refractivity contribution in [1.82, 2.24) is 0 Å². The summed E-state index contributed by atoms with van der Waals surface area (Å²) < 4.78 is 70.8. The molecule has 0 unspecified atom stereocenters. The van der Waals surface area contributed by atoms with E-state index in [2.05, 4.69) is 9.47 Å². The van der Waals surface area contributed by atoms with Crippen molar-refractivity contribution in [1.29, 1.82) is 5.26 Å². The smallest absolute Gasteiger partial charge is 0.466 e. The molecule has 0 saturated carbocycles. The molecule has 0 N–H and O–H groups in total. The zero-order valence-corrected chi connectivity index (χ0v) is 11.2. The van der Waals surface area contributed by atoms with E-state index in [4.69, 9.17) is 5.26 Å². The number of nitrogens with zero attached hydrogens (tertiary/aromatic N) is 1. The highest BCUT2D eigenvalue weighted by Crippen LogP contribution is 2.37. The maximum absolute atomic E-state index is 12.8. The van der Waals surface area contributed by atoms with Crippen molar-refractivity contribution < 1.29 is 36.2 Å². The maximum Gasteiger partial charge on any atom is 0.573 e. The van der Waals surface area contributed by atoms with Crippen LogP contribution in [0.2, 0.25) is 0 Å². The third-order valence-electron chi connectivity index (χ3n) is 2.48. The van der Waals surface area contributed by atoms with E-state index in [1.165, 1.54) is 13.0 Å². The Labute approximate surface area is 122 Å². The molecule has 0 bridgehead atoms. The number of alkyl halides is 5. The monoisotopic (exact) mass is 323 g/mol. The van der Waals surface area contributed by atoms with Gasteiger partial charge in [-0.25, -0.2) is 8.78 Å². The topological polar surface area (TPSA) is 59.3 Å². The summed E-state index contributed by atoms with van der Waals surface area (Å²) in [4.78, 5) is 11.4. The predicted molar refractivity (Wildman–Crippen MR) is 63.1 cm³/mol. The molecule has 4 nitrogen and oxygen atoms in total. The Morgan fingerprint density at radius 2 is 2.00 bits per heavy atom. The second kappa shape index (κ2) is 7.06. The number of rotatable bonds is 5. The van der Waals surface area contributed by atoms with Crippen LogP contribution in [-0.4, -0.2) is 18.9 Å². The molecule has 0 saturated heterocycles. The third-order valence-corrected chi connectivity index (χ3v) is 2.48. The van der Waals surface area contributed by atoms with Crippen LogP contribution in [0.3, 0.4) is 0 Å². The minimum Gasteiger partial charge on any atom is -0.466 e. The molecule has 1 rings (SSSR count). The van der Waals surface area contributed by atoms with Crippen molar-refractivity contribution >= 4 is 5.97 Å². The molecule has 22 heavy (non-hydrogen) atoms. The first-order valence-electron chi connectivity index (χ1n) is 5.95. The first kappa shape index (κ1) is 17.7. The van der Waals surface area contributed by atoms with Crippen molar-refractivity contribution in [2.45, 2.75) is 26.1 Å². The lowest BCUT2D eigenvalue weighted by atomic mass is 10.0. The molecule has 0 amide bonds. The SMILES string of the molecule is CCOC(=O)Cc1ccc(C(F)F)c(OC(F)(F)F)c1C#N. The molecule has 0 aliphatic heterocycles. The molecule has 0 aromatic heterocycles. The second-order valence-electron chi connectivity index (χ2n) is 3.96. The number of hydrogen-bond acceptors (Lipinski definition) is 4. The zero-order chi connectivity index (χ0) is 16.9. The van der Waals surface area contributed by atoms with Gasteiger partial charge in [0, 0.05) is 0 Å². The first-order valence-corrected chi connectivity index (χ1v) is 5.95. The standard InChI is InChI=1S/C13H10F5NO3/c1-2-21-10(20)5-7-3-4-8(12(14)15)11(9(7)6-19)22-13(16,17)18/h3-4,12H,2,5H2,1H3. The summed E-state index contributed by atoms with van der Waals surface area (Å²) in [6.45, 7) is 1.54. The van der Waals surface area contributed by atoms with E-state index in [0.29, 0.717) is 6.07 Å². The van der Waals surface area contributed by atoms with Crippen LogP contribution in [0.1, 0.15) is 30.0 Å². The van der Waals surface area contributed by atoms with Gasteiger partial charge >= 0.3 is 12.3 Å². The fraction of sp³-hybridized carbons (Fsp3) is 0.385. The van der Waals surface area contributed by atoms with Crippen LogP contribution in [0.5, 0.6) is 5.75 Å². The van der Waals surface area contributed by atoms with Crippen LogP contribution >= 0.6 is 0 Å². The molecule has 9 heteroatoms. The van der Waals surface area contributed by atoms with Gasteiger partial charge in [0.15, 0.2) is 5.75 Å². The van der Waals surface area contributed by atoms with Gasteiger partial charge in [-0.05, 0) is 18.6 Å². The summed E-state index contributed by atoms with van der Waals surface area (Å²) in [5, 5.41) is 8.95. The lowest BCUT2D eigenvalue weighted by Crippen LogP contribution is -2.20. The number of nitriles is 1. The Balaban J connectivity index is 3.35. The van der Waals surface area contributed by atoms with E-state index in [1.54, 1.807) is 0 Å². The summed E-state index contributed by atoms with van der Waals surface area (Å²) in [7, 11) is 0.